The van der Waals surface area contributed by atoms with Crippen molar-refractivity contribution in [2.24, 2.45) is 5.92 Å². The van der Waals surface area contributed by atoms with Crippen LogP contribution >= 0.6 is 7.26 Å². The molecule has 0 rings (SSSR count). The molecule has 39 heavy (non-hydrogen) atoms. The first-order valence-corrected chi connectivity index (χ1v) is 20.9. The van der Waals surface area contributed by atoms with Crippen molar-refractivity contribution in [3.05, 3.63) is 0 Å². The molecule has 0 aliphatic rings. The van der Waals surface area contributed by atoms with Gasteiger partial charge in [-0.1, -0.05) is 27.2 Å². The van der Waals surface area contributed by atoms with Gasteiger partial charge in [0.05, 0.1) is 5.92 Å². The maximum absolute atomic E-state index is 9.70. The molecule has 2 nitrogen and oxygen atoms in total. The Kier molecular flexibility index (Phi) is 34.1. The van der Waals surface area contributed by atoms with Crippen LogP contribution in [0.2, 0.25) is 0 Å². The van der Waals surface area contributed by atoms with Crippen molar-refractivity contribution < 1.29 is 9.90 Å². The first-order valence-electron chi connectivity index (χ1n) is 18.1. The van der Waals surface area contributed by atoms with Crippen LogP contribution in [0.25, 0.3) is 0 Å². The van der Waals surface area contributed by atoms with Gasteiger partial charge in [0.2, 0.25) is 0 Å². The number of hydrogen-bond acceptors (Lipinski definition) is 1. The number of carboxylic acids is 1. The van der Waals surface area contributed by atoms with Gasteiger partial charge < -0.3 is 5.11 Å². The Bertz CT molecular complexity index is 445. The van der Waals surface area contributed by atoms with E-state index in [1.54, 1.807) is 64.2 Å². The van der Waals surface area contributed by atoms with Crippen LogP contribution in [0.1, 0.15) is 196 Å². The summed E-state index contributed by atoms with van der Waals surface area (Å²) in [5.41, 5.74) is 0. The average Bonchev–Trinajstić information content (AvgIpc) is 2.92. The van der Waals surface area contributed by atoms with Gasteiger partial charge in [-0.2, -0.15) is 0 Å². The van der Waals surface area contributed by atoms with Crippen molar-refractivity contribution >= 4 is 13.2 Å². The summed E-state index contributed by atoms with van der Waals surface area (Å²) in [4.78, 5) is 9.70. The van der Waals surface area contributed by atoms with Crippen LogP contribution in [0.4, 0.5) is 0 Å². The van der Waals surface area contributed by atoms with Gasteiger partial charge in [-0.3, -0.25) is 4.79 Å². The Morgan fingerprint density at radius 1 is 0.436 bits per heavy atom. The summed E-state index contributed by atoms with van der Waals surface area (Å²) in [7, 11) is -1.04. The third-order valence-electron chi connectivity index (χ3n) is 8.74. The molecule has 0 unspecified atom stereocenters. The zero-order valence-electron chi connectivity index (χ0n) is 28.2. The summed E-state index contributed by atoms with van der Waals surface area (Å²) in [5, 5.41) is 7.99. The van der Waals surface area contributed by atoms with E-state index in [-0.39, 0.29) is 5.92 Å². The molecule has 0 spiro atoms. The number of unbranched alkanes of at least 4 members (excludes halogenated alkanes) is 20. The summed E-state index contributed by atoms with van der Waals surface area (Å²) in [6.07, 6.45) is 42.3. The van der Waals surface area contributed by atoms with Gasteiger partial charge in [0.1, 0.15) is 0 Å². The Morgan fingerprint density at radius 2 is 0.615 bits per heavy atom. The molecule has 1 N–H and O–H groups in total. The molecule has 0 aliphatic carbocycles. The molecule has 0 fully saturated rings. The van der Waals surface area contributed by atoms with E-state index in [1.165, 1.54) is 128 Å². The Hall–Kier alpha value is -0.100. The summed E-state index contributed by atoms with van der Waals surface area (Å²) in [6.45, 7) is 12.7. The fourth-order valence-electron chi connectivity index (χ4n) is 5.87. The molecule has 3 heteroatoms. The van der Waals surface area contributed by atoms with E-state index in [9.17, 15) is 4.79 Å². The van der Waals surface area contributed by atoms with Gasteiger partial charge >= 0.3 is 206 Å². The molecule has 0 saturated carbocycles. The van der Waals surface area contributed by atoms with Crippen molar-refractivity contribution in [2.75, 3.05) is 24.6 Å². The summed E-state index contributed by atoms with van der Waals surface area (Å²) in [5.74, 6) is -0.972. The van der Waals surface area contributed by atoms with Crippen LogP contribution in [0.5, 0.6) is 0 Å². The molecule has 0 radical (unpaired) electrons. The number of aliphatic carboxylic acids is 1. The summed E-state index contributed by atoms with van der Waals surface area (Å²) >= 11 is 0. The predicted octanol–water partition coefficient (Wildman–Crippen LogP) is 12.9. The van der Waals surface area contributed by atoms with Crippen molar-refractivity contribution in [1.82, 2.24) is 0 Å². The van der Waals surface area contributed by atoms with Crippen LogP contribution in [0.15, 0.2) is 0 Å². The molecular formula is C36H77O2P. The standard InChI is InChI=1S/C32H69P.C4H8O2/c1-5-9-13-17-18-19-20-21-22-23-24-28-32-33(29-25-14-10-6-2,30-26-15-11-7-3)31-27-16-12-8-4;1-3(2)4(5)6/h33H,5-32H2,1-4H3;3H,1-2H3,(H,5,6). The first kappa shape index (κ1) is 41.0. The third kappa shape index (κ3) is 30.7. The van der Waals surface area contributed by atoms with E-state index >= 15 is 0 Å². The van der Waals surface area contributed by atoms with E-state index in [0.29, 0.717) is 0 Å². The van der Waals surface area contributed by atoms with E-state index in [0.717, 1.165) is 0 Å². The SMILES string of the molecule is CC(C)C(=O)O.CCCCCCCCCCCCCC[PH](CCCCCC)(CCCCCC)CCCCCC. The monoisotopic (exact) mass is 573 g/mol. The van der Waals surface area contributed by atoms with E-state index in [4.69, 9.17) is 5.11 Å². The molecule has 0 amide bonds. The van der Waals surface area contributed by atoms with Crippen molar-refractivity contribution in [3.63, 3.8) is 0 Å². The Labute approximate surface area is 249 Å². The minimum absolute atomic E-state index is 0.231. The fourth-order valence-corrected chi connectivity index (χ4v) is 11.4. The van der Waals surface area contributed by atoms with Gasteiger partial charge in [0.15, 0.2) is 0 Å². The number of rotatable bonds is 29. The molecule has 0 aliphatic heterocycles. The van der Waals surface area contributed by atoms with E-state index in [1.807, 2.05) is 0 Å². The maximum atomic E-state index is 9.70. The second-order valence-electron chi connectivity index (χ2n) is 13.1. The van der Waals surface area contributed by atoms with Crippen molar-refractivity contribution in [2.45, 2.75) is 196 Å². The predicted molar refractivity (Wildman–Crippen MR) is 184 cm³/mol. The Morgan fingerprint density at radius 3 is 0.821 bits per heavy atom. The quantitative estimate of drug-likeness (QED) is 0.0715. The zero-order chi connectivity index (χ0) is 29.5. The van der Waals surface area contributed by atoms with Gasteiger partial charge in [-0.15, -0.1) is 0 Å². The van der Waals surface area contributed by atoms with Gasteiger partial charge in [-0.05, 0) is 0 Å². The van der Waals surface area contributed by atoms with Crippen LogP contribution in [0, 0.1) is 5.92 Å². The van der Waals surface area contributed by atoms with Gasteiger partial charge in [0, 0.05) is 0 Å². The number of carboxylic acid groups (broad SMARTS) is 1. The molecule has 0 heterocycles. The molecule has 0 aromatic heterocycles. The first-order chi connectivity index (χ1) is 18.9. The normalized spacial score (nSPS) is 12.0. The topological polar surface area (TPSA) is 37.3 Å². The summed E-state index contributed by atoms with van der Waals surface area (Å²) in [6, 6.07) is 0. The average molecular weight is 573 g/mol. The van der Waals surface area contributed by atoms with Crippen LogP contribution in [-0.4, -0.2) is 35.7 Å². The summed E-state index contributed by atoms with van der Waals surface area (Å²) < 4.78 is 0. The molecule has 238 valence electrons. The van der Waals surface area contributed by atoms with Crippen LogP contribution < -0.4 is 0 Å². The zero-order valence-corrected chi connectivity index (χ0v) is 29.2. The molecule has 0 atom stereocenters. The Balaban J connectivity index is 0. The van der Waals surface area contributed by atoms with Crippen LogP contribution in [0.3, 0.4) is 0 Å². The van der Waals surface area contributed by atoms with Gasteiger partial charge in [0.25, 0.3) is 0 Å². The fraction of sp³-hybridized carbons (Fsp3) is 0.972. The minimum atomic E-state index is -1.04. The molecule has 0 bridgehead atoms. The molecule has 0 aromatic carbocycles. The number of hydrogen-bond donors (Lipinski definition) is 1. The number of carbonyl (C=O) groups is 1. The molecule has 0 saturated heterocycles. The molecule has 0 aromatic rings. The third-order valence-corrected chi connectivity index (χ3v) is 14.4. The molecular weight excluding hydrogens is 495 g/mol. The van der Waals surface area contributed by atoms with E-state index in [2.05, 4.69) is 27.7 Å². The van der Waals surface area contributed by atoms with Crippen molar-refractivity contribution in [3.8, 4) is 0 Å². The second-order valence-corrected chi connectivity index (χ2v) is 18.1. The van der Waals surface area contributed by atoms with E-state index < -0.39 is 13.2 Å². The van der Waals surface area contributed by atoms with Crippen LogP contribution in [-0.2, 0) is 4.79 Å². The second kappa shape index (κ2) is 32.4. The van der Waals surface area contributed by atoms with Crippen molar-refractivity contribution in [1.29, 1.82) is 0 Å². The van der Waals surface area contributed by atoms with Gasteiger partial charge in [-0.25, -0.2) is 0 Å².